The highest BCUT2D eigenvalue weighted by molar-refractivity contribution is 7.89. The van der Waals surface area contributed by atoms with Crippen LogP contribution >= 0.6 is 0 Å². The molecule has 0 aromatic carbocycles. The van der Waals surface area contributed by atoms with Crippen molar-refractivity contribution < 1.29 is 8.42 Å². The van der Waals surface area contributed by atoms with E-state index in [-0.39, 0.29) is 11.6 Å². The highest BCUT2D eigenvalue weighted by atomic mass is 32.2. The van der Waals surface area contributed by atoms with Crippen LogP contribution in [0.5, 0.6) is 0 Å². The van der Waals surface area contributed by atoms with Gasteiger partial charge in [-0.3, -0.25) is 0 Å². The van der Waals surface area contributed by atoms with Crippen LogP contribution in [0.3, 0.4) is 0 Å². The van der Waals surface area contributed by atoms with E-state index in [1.165, 1.54) is 12.4 Å². The van der Waals surface area contributed by atoms with Crippen molar-refractivity contribution in [2.75, 3.05) is 12.0 Å². The summed E-state index contributed by atoms with van der Waals surface area (Å²) in [4.78, 5) is 7.50. The van der Waals surface area contributed by atoms with Crippen LogP contribution in [0, 0.1) is 0 Å². The largest absolute Gasteiger partial charge is 0.396 e. The highest BCUT2D eigenvalue weighted by Gasteiger charge is 2.05. The molecule has 66 valence electrons. The molecule has 0 bridgehead atoms. The molecule has 1 aromatic heterocycles. The van der Waals surface area contributed by atoms with Crippen LogP contribution in [-0.2, 0) is 15.6 Å². The third-order valence-electron chi connectivity index (χ3n) is 1.12. The number of hydrogen-bond donors (Lipinski definition) is 1. The van der Waals surface area contributed by atoms with E-state index >= 15 is 0 Å². The van der Waals surface area contributed by atoms with Crippen molar-refractivity contribution in [3.8, 4) is 0 Å². The average molecular weight is 187 g/mol. The first-order valence-corrected chi connectivity index (χ1v) is 5.27. The number of hydrogen-bond acceptors (Lipinski definition) is 5. The molecule has 0 radical (unpaired) electrons. The summed E-state index contributed by atoms with van der Waals surface area (Å²) in [7, 11) is -3.06. The van der Waals surface area contributed by atoms with Crippen LogP contribution < -0.4 is 5.73 Å². The SMILES string of the molecule is CS(=O)(=O)Cc1ncc(N)cn1. The Morgan fingerprint density at radius 1 is 1.42 bits per heavy atom. The van der Waals surface area contributed by atoms with Crippen molar-refractivity contribution in [1.82, 2.24) is 9.97 Å². The Balaban J connectivity index is 2.85. The second kappa shape index (κ2) is 3.06. The summed E-state index contributed by atoms with van der Waals surface area (Å²) in [6.07, 6.45) is 3.90. The van der Waals surface area contributed by atoms with Gasteiger partial charge in [-0.1, -0.05) is 0 Å². The summed E-state index contributed by atoms with van der Waals surface area (Å²) in [5, 5.41) is 0. The molecule has 1 rings (SSSR count). The van der Waals surface area contributed by atoms with E-state index in [2.05, 4.69) is 9.97 Å². The molecule has 0 saturated carbocycles. The minimum Gasteiger partial charge on any atom is -0.396 e. The molecule has 0 spiro atoms. The Kier molecular flexibility index (Phi) is 2.27. The standard InChI is InChI=1S/C6H9N3O2S/c1-12(10,11)4-6-8-2-5(7)3-9-6/h2-3H,4,7H2,1H3. The first kappa shape index (κ1) is 8.92. The van der Waals surface area contributed by atoms with Crippen LogP contribution in [-0.4, -0.2) is 24.6 Å². The van der Waals surface area contributed by atoms with Gasteiger partial charge < -0.3 is 5.73 Å². The lowest BCUT2D eigenvalue weighted by molar-refractivity contribution is 0.599. The van der Waals surface area contributed by atoms with Crippen molar-refractivity contribution in [1.29, 1.82) is 0 Å². The van der Waals surface area contributed by atoms with Crippen molar-refractivity contribution in [3.63, 3.8) is 0 Å². The monoisotopic (exact) mass is 187 g/mol. The fraction of sp³-hybridized carbons (Fsp3) is 0.333. The van der Waals surface area contributed by atoms with Crippen LogP contribution in [0.1, 0.15) is 5.82 Å². The summed E-state index contributed by atoms with van der Waals surface area (Å²) in [5.74, 6) is 0.125. The highest BCUT2D eigenvalue weighted by Crippen LogP contribution is 1.99. The maximum absolute atomic E-state index is 10.8. The Morgan fingerprint density at radius 2 is 1.92 bits per heavy atom. The van der Waals surface area contributed by atoms with Crippen LogP contribution in [0.2, 0.25) is 0 Å². The average Bonchev–Trinajstić information content (AvgIpc) is 1.91. The number of sulfone groups is 1. The Bertz CT molecular complexity index is 357. The van der Waals surface area contributed by atoms with Gasteiger partial charge in [0.15, 0.2) is 9.84 Å². The van der Waals surface area contributed by atoms with Gasteiger partial charge in [0.25, 0.3) is 0 Å². The van der Waals surface area contributed by atoms with Gasteiger partial charge in [0.2, 0.25) is 0 Å². The van der Waals surface area contributed by atoms with Gasteiger partial charge >= 0.3 is 0 Å². The lowest BCUT2D eigenvalue weighted by Crippen LogP contribution is -2.05. The van der Waals surface area contributed by atoms with E-state index < -0.39 is 9.84 Å². The zero-order chi connectivity index (χ0) is 9.19. The van der Waals surface area contributed by atoms with Gasteiger partial charge in [-0.05, 0) is 0 Å². The lowest BCUT2D eigenvalue weighted by atomic mass is 10.5. The van der Waals surface area contributed by atoms with Crippen molar-refractivity contribution in [2.24, 2.45) is 0 Å². The summed E-state index contributed by atoms with van der Waals surface area (Å²) < 4.78 is 21.5. The van der Waals surface area contributed by atoms with Crippen LogP contribution in [0.15, 0.2) is 12.4 Å². The van der Waals surface area contributed by atoms with Crippen molar-refractivity contribution in [2.45, 2.75) is 5.75 Å². The summed E-state index contributed by atoms with van der Waals surface area (Å²) in [6.45, 7) is 0. The molecule has 12 heavy (non-hydrogen) atoms. The summed E-state index contributed by atoms with van der Waals surface area (Å²) in [6, 6.07) is 0. The van der Waals surface area contributed by atoms with Gasteiger partial charge in [-0.25, -0.2) is 18.4 Å². The van der Waals surface area contributed by atoms with E-state index in [0.29, 0.717) is 5.69 Å². The Morgan fingerprint density at radius 3 is 2.33 bits per heavy atom. The Hall–Kier alpha value is -1.17. The number of nitrogens with zero attached hydrogens (tertiary/aromatic N) is 2. The molecule has 0 saturated heterocycles. The fourth-order valence-electron chi connectivity index (χ4n) is 0.674. The van der Waals surface area contributed by atoms with Gasteiger partial charge in [-0.15, -0.1) is 0 Å². The molecule has 0 unspecified atom stereocenters. The molecule has 0 amide bonds. The second-order valence-electron chi connectivity index (χ2n) is 2.50. The van der Waals surface area contributed by atoms with Crippen LogP contribution in [0.4, 0.5) is 5.69 Å². The van der Waals surface area contributed by atoms with Gasteiger partial charge in [0, 0.05) is 6.26 Å². The van der Waals surface area contributed by atoms with Gasteiger partial charge in [0.1, 0.15) is 11.6 Å². The zero-order valence-electron chi connectivity index (χ0n) is 6.56. The zero-order valence-corrected chi connectivity index (χ0v) is 7.37. The second-order valence-corrected chi connectivity index (χ2v) is 4.64. The topological polar surface area (TPSA) is 85.9 Å². The fourth-order valence-corrected chi connectivity index (χ4v) is 1.29. The predicted octanol–water partition coefficient (Wildman–Crippen LogP) is -0.397. The molecule has 6 heteroatoms. The number of nitrogen functional groups attached to an aromatic ring is 1. The Labute approximate surface area is 70.6 Å². The normalized spacial score (nSPS) is 11.4. The smallest absolute Gasteiger partial charge is 0.154 e. The van der Waals surface area contributed by atoms with E-state index in [0.717, 1.165) is 6.26 Å². The molecule has 5 nitrogen and oxygen atoms in total. The summed E-state index contributed by atoms with van der Waals surface area (Å²) in [5.41, 5.74) is 5.74. The van der Waals surface area contributed by atoms with Crippen molar-refractivity contribution >= 4 is 15.5 Å². The quantitative estimate of drug-likeness (QED) is 0.681. The van der Waals surface area contributed by atoms with E-state index in [1.54, 1.807) is 0 Å². The van der Waals surface area contributed by atoms with Crippen molar-refractivity contribution in [3.05, 3.63) is 18.2 Å². The predicted molar refractivity (Wildman–Crippen MR) is 45.0 cm³/mol. The minimum atomic E-state index is -3.06. The molecule has 0 aliphatic carbocycles. The van der Waals surface area contributed by atoms with E-state index in [9.17, 15) is 8.42 Å². The van der Waals surface area contributed by atoms with Gasteiger partial charge in [-0.2, -0.15) is 0 Å². The van der Waals surface area contributed by atoms with Gasteiger partial charge in [0.05, 0.1) is 18.1 Å². The lowest BCUT2D eigenvalue weighted by Gasteiger charge is -1.96. The summed E-state index contributed by atoms with van der Waals surface area (Å²) >= 11 is 0. The maximum atomic E-state index is 10.8. The molecule has 0 atom stereocenters. The number of anilines is 1. The molecule has 0 aliphatic rings. The number of aromatic nitrogens is 2. The number of rotatable bonds is 2. The molecule has 1 aromatic rings. The first-order valence-electron chi connectivity index (χ1n) is 3.21. The van der Waals surface area contributed by atoms with E-state index in [1.807, 2.05) is 0 Å². The number of nitrogens with two attached hydrogens (primary N) is 1. The molecular weight excluding hydrogens is 178 g/mol. The van der Waals surface area contributed by atoms with Crippen LogP contribution in [0.25, 0.3) is 0 Å². The molecule has 0 fully saturated rings. The third kappa shape index (κ3) is 2.83. The van der Waals surface area contributed by atoms with E-state index in [4.69, 9.17) is 5.73 Å². The maximum Gasteiger partial charge on any atom is 0.154 e. The molecule has 2 N–H and O–H groups in total. The minimum absolute atomic E-state index is 0.146. The molecular formula is C6H9N3O2S. The third-order valence-corrected chi connectivity index (χ3v) is 1.90. The molecule has 0 aliphatic heterocycles. The first-order chi connectivity index (χ1) is 5.47. The molecule has 1 heterocycles.